The van der Waals surface area contributed by atoms with Gasteiger partial charge in [0.2, 0.25) is 0 Å². The molecule has 0 aromatic carbocycles. The number of rotatable bonds is 13. The van der Waals surface area contributed by atoms with Gasteiger partial charge in [-0.15, -0.1) is 0 Å². The quantitative estimate of drug-likeness (QED) is 0.426. The second kappa shape index (κ2) is 12.0. The second-order valence-corrected chi connectivity index (χ2v) is 6.17. The molecule has 0 aliphatic rings. The van der Waals surface area contributed by atoms with E-state index in [1.807, 2.05) is 0 Å². The highest BCUT2D eigenvalue weighted by atomic mass is 14.9. The molecule has 0 saturated heterocycles. The van der Waals surface area contributed by atoms with E-state index >= 15 is 0 Å². The van der Waals surface area contributed by atoms with Crippen LogP contribution in [0.15, 0.2) is 0 Å². The van der Waals surface area contributed by atoms with Gasteiger partial charge >= 0.3 is 0 Å². The molecule has 1 nitrogen and oxygen atoms in total. The minimum atomic E-state index is 0.526. The standard InChI is InChI=1S/C17H37N/c1-5-8-9-10-11-12-13-14-15-17(4,6-2)16-18-7-3/h18H,5-16H2,1-4H3. The lowest BCUT2D eigenvalue weighted by molar-refractivity contribution is 0.261. The largest absolute Gasteiger partial charge is 0.316 e. The van der Waals surface area contributed by atoms with E-state index in [0.29, 0.717) is 5.41 Å². The maximum Gasteiger partial charge on any atom is 0.000494 e. The lowest BCUT2D eigenvalue weighted by atomic mass is 9.82. The molecule has 1 atom stereocenters. The summed E-state index contributed by atoms with van der Waals surface area (Å²) in [4.78, 5) is 0. The van der Waals surface area contributed by atoms with E-state index in [-0.39, 0.29) is 0 Å². The molecule has 0 aliphatic heterocycles. The third-order valence-electron chi connectivity index (χ3n) is 4.29. The summed E-state index contributed by atoms with van der Waals surface area (Å²) in [5, 5.41) is 3.52. The summed E-state index contributed by atoms with van der Waals surface area (Å²) in [6, 6.07) is 0. The third kappa shape index (κ3) is 9.94. The van der Waals surface area contributed by atoms with Crippen molar-refractivity contribution in [2.45, 2.75) is 91.9 Å². The van der Waals surface area contributed by atoms with Gasteiger partial charge in [0.15, 0.2) is 0 Å². The first-order chi connectivity index (χ1) is 8.68. The summed E-state index contributed by atoms with van der Waals surface area (Å²) in [5.74, 6) is 0. The zero-order valence-electron chi connectivity index (χ0n) is 13.5. The summed E-state index contributed by atoms with van der Waals surface area (Å²) in [7, 11) is 0. The minimum absolute atomic E-state index is 0.526. The molecule has 0 bridgehead atoms. The van der Waals surface area contributed by atoms with Crippen molar-refractivity contribution >= 4 is 0 Å². The molecule has 110 valence electrons. The smallest absolute Gasteiger partial charge is 0.000494 e. The van der Waals surface area contributed by atoms with E-state index in [0.717, 1.165) is 6.54 Å². The Labute approximate surface area is 116 Å². The van der Waals surface area contributed by atoms with Crippen molar-refractivity contribution in [3.63, 3.8) is 0 Å². The molecule has 0 saturated carbocycles. The van der Waals surface area contributed by atoms with Crippen molar-refractivity contribution in [2.24, 2.45) is 5.41 Å². The van der Waals surface area contributed by atoms with Crippen LogP contribution in [-0.4, -0.2) is 13.1 Å². The van der Waals surface area contributed by atoms with E-state index < -0.39 is 0 Å². The topological polar surface area (TPSA) is 12.0 Å². The Balaban J connectivity index is 3.44. The summed E-state index contributed by atoms with van der Waals surface area (Å²) in [6.07, 6.45) is 14.1. The predicted octanol–water partition coefficient (Wildman–Crippen LogP) is 5.54. The van der Waals surface area contributed by atoms with Crippen molar-refractivity contribution in [3.05, 3.63) is 0 Å². The molecular weight excluding hydrogens is 218 g/mol. The normalized spacial score (nSPS) is 14.7. The lowest BCUT2D eigenvalue weighted by Gasteiger charge is -2.28. The Kier molecular flexibility index (Phi) is 12.0. The zero-order valence-corrected chi connectivity index (χ0v) is 13.5. The Hall–Kier alpha value is -0.0400. The molecule has 0 fully saturated rings. The van der Waals surface area contributed by atoms with E-state index in [1.165, 1.54) is 70.8 Å². The van der Waals surface area contributed by atoms with Crippen LogP contribution in [0.1, 0.15) is 91.9 Å². The summed E-state index contributed by atoms with van der Waals surface area (Å²) < 4.78 is 0. The first-order valence-electron chi connectivity index (χ1n) is 8.39. The molecule has 0 heterocycles. The Bertz CT molecular complexity index is 167. The Morgan fingerprint density at radius 3 is 1.83 bits per heavy atom. The fraction of sp³-hybridized carbons (Fsp3) is 1.00. The number of unbranched alkanes of at least 4 members (excludes halogenated alkanes) is 7. The van der Waals surface area contributed by atoms with Crippen molar-refractivity contribution in [1.29, 1.82) is 0 Å². The molecule has 0 aliphatic carbocycles. The van der Waals surface area contributed by atoms with Crippen LogP contribution in [0.4, 0.5) is 0 Å². The van der Waals surface area contributed by atoms with Crippen molar-refractivity contribution in [3.8, 4) is 0 Å². The molecule has 0 aromatic heterocycles. The maximum atomic E-state index is 3.52. The van der Waals surface area contributed by atoms with Gasteiger partial charge in [-0.05, 0) is 24.8 Å². The first kappa shape index (κ1) is 18.0. The molecule has 0 rings (SSSR count). The van der Waals surface area contributed by atoms with Gasteiger partial charge < -0.3 is 5.32 Å². The maximum absolute atomic E-state index is 3.52. The van der Waals surface area contributed by atoms with Crippen LogP contribution >= 0.6 is 0 Å². The number of nitrogens with one attached hydrogen (secondary N) is 1. The fourth-order valence-electron chi connectivity index (χ4n) is 2.50. The minimum Gasteiger partial charge on any atom is -0.316 e. The summed E-state index contributed by atoms with van der Waals surface area (Å²) >= 11 is 0. The van der Waals surface area contributed by atoms with Crippen LogP contribution in [0.2, 0.25) is 0 Å². The van der Waals surface area contributed by atoms with E-state index in [1.54, 1.807) is 0 Å². The van der Waals surface area contributed by atoms with Gasteiger partial charge in [-0.3, -0.25) is 0 Å². The van der Waals surface area contributed by atoms with Crippen molar-refractivity contribution in [1.82, 2.24) is 5.32 Å². The van der Waals surface area contributed by atoms with Gasteiger partial charge in [0, 0.05) is 6.54 Å². The SMILES string of the molecule is CCCCCCCCCCC(C)(CC)CNCC. The van der Waals surface area contributed by atoms with Crippen LogP contribution in [0.25, 0.3) is 0 Å². The number of hydrogen-bond donors (Lipinski definition) is 1. The molecule has 0 aromatic rings. The van der Waals surface area contributed by atoms with Gasteiger partial charge in [0.25, 0.3) is 0 Å². The van der Waals surface area contributed by atoms with Gasteiger partial charge in [0.1, 0.15) is 0 Å². The van der Waals surface area contributed by atoms with Crippen molar-refractivity contribution in [2.75, 3.05) is 13.1 Å². The molecule has 0 spiro atoms. The van der Waals surface area contributed by atoms with Gasteiger partial charge in [-0.1, -0.05) is 79.1 Å². The highest BCUT2D eigenvalue weighted by molar-refractivity contribution is 4.75. The average Bonchev–Trinajstić information content (AvgIpc) is 2.39. The second-order valence-electron chi connectivity index (χ2n) is 6.17. The molecule has 0 radical (unpaired) electrons. The molecule has 1 N–H and O–H groups in total. The highest BCUT2D eigenvalue weighted by Gasteiger charge is 2.20. The monoisotopic (exact) mass is 255 g/mol. The van der Waals surface area contributed by atoms with Gasteiger partial charge in [0.05, 0.1) is 0 Å². The van der Waals surface area contributed by atoms with Gasteiger partial charge in [-0.25, -0.2) is 0 Å². The Morgan fingerprint density at radius 2 is 1.33 bits per heavy atom. The molecule has 1 unspecified atom stereocenters. The molecular formula is C17H37N. The molecule has 0 amide bonds. The van der Waals surface area contributed by atoms with Crippen LogP contribution in [0.5, 0.6) is 0 Å². The highest BCUT2D eigenvalue weighted by Crippen LogP contribution is 2.27. The number of hydrogen-bond acceptors (Lipinski definition) is 1. The zero-order chi connectivity index (χ0) is 13.7. The van der Waals surface area contributed by atoms with E-state index in [2.05, 4.69) is 33.0 Å². The van der Waals surface area contributed by atoms with Gasteiger partial charge in [-0.2, -0.15) is 0 Å². The molecule has 1 heteroatoms. The van der Waals surface area contributed by atoms with E-state index in [4.69, 9.17) is 0 Å². The first-order valence-corrected chi connectivity index (χ1v) is 8.39. The Morgan fingerprint density at radius 1 is 0.778 bits per heavy atom. The van der Waals surface area contributed by atoms with Crippen LogP contribution in [-0.2, 0) is 0 Å². The van der Waals surface area contributed by atoms with Crippen molar-refractivity contribution < 1.29 is 0 Å². The summed E-state index contributed by atoms with van der Waals surface area (Å²) in [5.41, 5.74) is 0.526. The lowest BCUT2D eigenvalue weighted by Crippen LogP contribution is -2.31. The van der Waals surface area contributed by atoms with E-state index in [9.17, 15) is 0 Å². The third-order valence-corrected chi connectivity index (χ3v) is 4.29. The average molecular weight is 255 g/mol. The summed E-state index contributed by atoms with van der Waals surface area (Å²) in [6.45, 7) is 11.6. The fourth-order valence-corrected chi connectivity index (χ4v) is 2.50. The predicted molar refractivity (Wildman–Crippen MR) is 84.2 cm³/mol. The van der Waals surface area contributed by atoms with Crippen LogP contribution in [0.3, 0.4) is 0 Å². The van der Waals surface area contributed by atoms with Crippen LogP contribution < -0.4 is 5.32 Å². The van der Waals surface area contributed by atoms with Crippen LogP contribution in [0, 0.1) is 5.41 Å². The molecule has 18 heavy (non-hydrogen) atoms.